The average molecular weight is 260 g/mol. The van der Waals surface area contributed by atoms with E-state index in [-0.39, 0.29) is 5.91 Å². The summed E-state index contributed by atoms with van der Waals surface area (Å²) in [5, 5.41) is 6.24. The van der Waals surface area contributed by atoms with Crippen molar-refractivity contribution in [3.8, 4) is 0 Å². The van der Waals surface area contributed by atoms with E-state index in [9.17, 15) is 9.00 Å². The van der Waals surface area contributed by atoms with Crippen LogP contribution in [0.2, 0.25) is 0 Å². The van der Waals surface area contributed by atoms with Crippen molar-refractivity contribution in [1.82, 2.24) is 10.6 Å². The molecule has 2 unspecified atom stereocenters. The van der Waals surface area contributed by atoms with E-state index in [4.69, 9.17) is 0 Å². The minimum absolute atomic E-state index is 0.137. The lowest BCUT2D eigenvalue weighted by atomic mass is 9.94. The molecule has 1 amide bonds. The van der Waals surface area contributed by atoms with Gasteiger partial charge < -0.3 is 10.6 Å². The molecule has 1 aliphatic heterocycles. The van der Waals surface area contributed by atoms with E-state index >= 15 is 0 Å². The highest BCUT2D eigenvalue weighted by Gasteiger charge is 2.14. The normalized spacial score (nSPS) is 22.1. The molecule has 2 atom stereocenters. The Morgan fingerprint density at radius 2 is 2.35 bits per heavy atom. The number of hydrogen-bond donors (Lipinski definition) is 2. The maximum absolute atomic E-state index is 11.5. The Morgan fingerprint density at radius 1 is 1.53 bits per heavy atom. The van der Waals surface area contributed by atoms with Gasteiger partial charge >= 0.3 is 0 Å². The lowest BCUT2D eigenvalue weighted by Gasteiger charge is -2.22. The van der Waals surface area contributed by atoms with Gasteiger partial charge in [0.05, 0.1) is 0 Å². The van der Waals surface area contributed by atoms with Crippen molar-refractivity contribution in [2.45, 2.75) is 32.1 Å². The summed E-state index contributed by atoms with van der Waals surface area (Å²) in [5.74, 6) is 1.47. The topological polar surface area (TPSA) is 58.2 Å². The highest BCUT2D eigenvalue weighted by molar-refractivity contribution is 7.84. The fourth-order valence-corrected chi connectivity index (χ4v) is 2.65. The summed E-state index contributed by atoms with van der Waals surface area (Å²) in [4.78, 5) is 11.5. The number of nitrogens with one attached hydrogen (secondary N) is 2. The summed E-state index contributed by atoms with van der Waals surface area (Å²) < 4.78 is 10.8. The van der Waals surface area contributed by atoms with Crippen molar-refractivity contribution in [3.63, 3.8) is 0 Å². The summed E-state index contributed by atoms with van der Waals surface area (Å²) >= 11 is 0. The minimum Gasteiger partial charge on any atom is -0.356 e. The zero-order valence-corrected chi connectivity index (χ0v) is 11.5. The zero-order chi connectivity index (χ0) is 12.5. The van der Waals surface area contributed by atoms with Gasteiger partial charge in [0.1, 0.15) is 0 Å². The third-order valence-corrected chi connectivity index (χ3v) is 3.97. The van der Waals surface area contributed by atoms with Crippen LogP contribution in [0.1, 0.15) is 32.1 Å². The van der Waals surface area contributed by atoms with Crippen LogP contribution in [-0.4, -0.2) is 41.8 Å². The minimum atomic E-state index is -0.747. The second kappa shape index (κ2) is 8.64. The van der Waals surface area contributed by atoms with Gasteiger partial charge in [0.15, 0.2) is 0 Å². The molecule has 17 heavy (non-hydrogen) atoms. The number of piperidine rings is 1. The number of carbonyl (C=O) groups is 1. The number of rotatable bonds is 7. The Hall–Kier alpha value is -0.420. The molecule has 0 bridgehead atoms. The maximum atomic E-state index is 11.5. The molecular formula is C12H24N2O2S. The van der Waals surface area contributed by atoms with E-state index in [0.717, 1.165) is 25.9 Å². The number of carbonyl (C=O) groups excluding carboxylic acids is 1. The van der Waals surface area contributed by atoms with Gasteiger partial charge in [-0.3, -0.25) is 9.00 Å². The highest BCUT2D eigenvalue weighted by Crippen LogP contribution is 2.15. The summed E-state index contributed by atoms with van der Waals surface area (Å²) in [5.41, 5.74) is 0. The first-order valence-electron chi connectivity index (χ1n) is 6.46. The molecule has 0 aliphatic carbocycles. The molecule has 1 heterocycles. The maximum Gasteiger partial charge on any atom is 0.220 e. The van der Waals surface area contributed by atoms with Gasteiger partial charge in [-0.15, -0.1) is 0 Å². The molecule has 0 aromatic heterocycles. The monoisotopic (exact) mass is 260 g/mol. The van der Waals surface area contributed by atoms with Gasteiger partial charge in [0.25, 0.3) is 0 Å². The summed E-state index contributed by atoms with van der Waals surface area (Å²) in [6, 6.07) is 0. The van der Waals surface area contributed by atoms with Crippen LogP contribution >= 0.6 is 0 Å². The summed E-state index contributed by atoms with van der Waals surface area (Å²) in [6.07, 6.45) is 6.58. The molecule has 0 aromatic carbocycles. The van der Waals surface area contributed by atoms with E-state index in [1.54, 1.807) is 6.26 Å². The van der Waals surface area contributed by atoms with Crippen LogP contribution in [0.15, 0.2) is 0 Å². The van der Waals surface area contributed by atoms with Crippen LogP contribution in [0.5, 0.6) is 0 Å². The van der Waals surface area contributed by atoms with Crippen molar-refractivity contribution in [3.05, 3.63) is 0 Å². The van der Waals surface area contributed by atoms with Crippen LogP contribution in [-0.2, 0) is 15.6 Å². The molecule has 1 aliphatic rings. The van der Waals surface area contributed by atoms with Crippen molar-refractivity contribution in [1.29, 1.82) is 0 Å². The Morgan fingerprint density at radius 3 is 3.00 bits per heavy atom. The average Bonchev–Trinajstić information content (AvgIpc) is 2.33. The SMILES string of the molecule is CS(=O)CCCNC(=O)CCC1CCCNC1. The molecule has 0 radical (unpaired) electrons. The highest BCUT2D eigenvalue weighted by atomic mass is 32.2. The molecule has 2 N–H and O–H groups in total. The van der Waals surface area contributed by atoms with Crippen molar-refractivity contribution >= 4 is 16.7 Å². The first-order valence-corrected chi connectivity index (χ1v) is 8.18. The van der Waals surface area contributed by atoms with Crippen LogP contribution in [0.4, 0.5) is 0 Å². The first-order chi connectivity index (χ1) is 8.18. The number of amides is 1. The molecule has 0 saturated carbocycles. The summed E-state index contributed by atoms with van der Waals surface area (Å²) in [7, 11) is -0.747. The molecule has 100 valence electrons. The van der Waals surface area contributed by atoms with Gasteiger partial charge in [0, 0.05) is 35.8 Å². The second-order valence-corrected chi connectivity index (χ2v) is 6.29. The van der Waals surface area contributed by atoms with Gasteiger partial charge in [-0.05, 0) is 44.7 Å². The predicted octanol–water partition coefficient (Wildman–Crippen LogP) is 0.651. The summed E-state index contributed by atoms with van der Waals surface area (Å²) in [6.45, 7) is 2.83. The van der Waals surface area contributed by atoms with Crippen LogP contribution in [0.25, 0.3) is 0 Å². The third kappa shape index (κ3) is 7.49. The van der Waals surface area contributed by atoms with Crippen LogP contribution in [0.3, 0.4) is 0 Å². The standard InChI is InChI=1S/C12H24N2O2S/c1-17(16)9-3-8-14-12(15)6-5-11-4-2-7-13-10-11/h11,13H,2-10H2,1H3,(H,14,15). The molecular weight excluding hydrogens is 236 g/mol. The first kappa shape index (κ1) is 14.6. The Labute approximate surface area is 106 Å². The molecule has 1 saturated heterocycles. The molecule has 5 heteroatoms. The molecule has 4 nitrogen and oxygen atoms in total. The fourth-order valence-electron chi connectivity index (χ4n) is 2.10. The van der Waals surface area contributed by atoms with Gasteiger partial charge in [0.2, 0.25) is 5.91 Å². The van der Waals surface area contributed by atoms with E-state index < -0.39 is 10.8 Å². The predicted molar refractivity (Wildman–Crippen MR) is 71.4 cm³/mol. The number of hydrogen-bond acceptors (Lipinski definition) is 3. The third-order valence-electron chi connectivity index (χ3n) is 3.11. The quantitative estimate of drug-likeness (QED) is 0.661. The molecule has 1 fully saturated rings. The largest absolute Gasteiger partial charge is 0.356 e. The molecule has 1 rings (SSSR count). The molecule has 0 aromatic rings. The Kier molecular flexibility index (Phi) is 7.44. The van der Waals surface area contributed by atoms with Crippen molar-refractivity contribution in [2.75, 3.05) is 31.6 Å². The van der Waals surface area contributed by atoms with E-state index in [0.29, 0.717) is 24.6 Å². The Bertz CT molecular complexity index is 253. The van der Waals surface area contributed by atoms with E-state index in [1.165, 1.54) is 12.8 Å². The van der Waals surface area contributed by atoms with Crippen molar-refractivity contribution < 1.29 is 9.00 Å². The zero-order valence-electron chi connectivity index (χ0n) is 10.7. The molecule has 0 spiro atoms. The second-order valence-electron chi connectivity index (χ2n) is 4.73. The van der Waals surface area contributed by atoms with E-state index in [2.05, 4.69) is 10.6 Å². The lowest BCUT2D eigenvalue weighted by Crippen LogP contribution is -2.31. The fraction of sp³-hybridized carbons (Fsp3) is 0.917. The Balaban J connectivity index is 1.98. The van der Waals surface area contributed by atoms with Gasteiger partial charge in [-0.2, -0.15) is 0 Å². The van der Waals surface area contributed by atoms with Crippen LogP contribution in [0, 0.1) is 5.92 Å². The van der Waals surface area contributed by atoms with Gasteiger partial charge in [-0.1, -0.05) is 0 Å². The lowest BCUT2D eigenvalue weighted by molar-refractivity contribution is -0.121. The smallest absolute Gasteiger partial charge is 0.220 e. The van der Waals surface area contributed by atoms with Crippen molar-refractivity contribution in [2.24, 2.45) is 5.92 Å². The van der Waals surface area contributed by atoms with Gasteiger partial charge in [-0.25, -0.2) is 0 Å². The van der Waals surface area contributed by atoms with E-state index in [1.807, 2.05) is 0 Å². The van der Waals surface area contributed by atoms with Crippen LogP contribution < -0.4 is 10.6 Å².